The number of amides is 2. The van der Waals surface area contributed by atoms with Gasteiger partial charge in [0.05, 0.1) is 11.8 Å². The van der Waals surface area contributed by atoms with Crippen molar-refractivity contribution < 1.29 is 9.59 Å². The Kier molecular flexibility index (Phi) is 7.39. The number of carbonyl (C=O) groups is 2. The molecule has 2 amide bonds. The summed E-state index contributed by atoms with van der Waals surface area (Å²) in [5.74, 6) is 0.444. The third-order valence-corrected chi connectivity index (χ3v) is 6.16. The van der Waals surface area contributed by atoms with E-state index in [0.29, 0.717) is 23.1 Å². The van der Waals surface area contributed by atoms with Gasteiger partial charge in [-0.3, -0.25) is 9.59 Å². The van der Waals surface area contributed by atoms with Crippen LogP contribution in [0.4, 0.5) is 5.69 Å². The Morgan fingerprint density at radius 3 is 2.53 bits per heavy atom. The number of nitrogens with one attached hydrogen (secondary N) is 2. The fourth-order valence-corrected chi connectivity index (χ4v) is 4.31. The molecular formula is C26H25N5O2S. The van der Waals surface area contributed by atoms with Crippen LogP contribution in [0.15, 0.2) is 90.6 Å². The van der Waals surface area contributed by atoms with Gasteiger partial charge in [0.25, 0.3) is 5.91 Å². The average Bonchev–Trinajstić information content (AvgIpc) is 3.26. The Balaban J connectivity index is 1.41. The van der Waals surface area contributed by atoms with Gasteiger partial charge in [-0.15, -0.1) is 16.8 Å². The Bertz CT molecular complexity index is 1320. The van der Waals surface area contributed by atoms with Crippen molar-refractivity contribution in [3.63, 3.8) is 0 Å². The number of anilines is 1. The van der Waals surface area contributed by atoms with Crippen molar-refractivity contribution in [2.75, 3.05) is 11.1 Å². The molecule has 0 radical (unpaired) electrons. The first-order valence-electron chi connectivity index (χ1n) is 10.9. The molecule has 0 spiro atoms. The Labute approximate surface area is 202 Å². The maximum absolute atomic E-state index is 12.6. The predicted molar refractivity (Wildman–Crippen MR) is 136 cm³/mol. The Morgan fingerprint density at radius 2 is 1.76 bits per heavy atom. The van der Waals surface area contributed by atoms with Gasteiger partial charge in [0, 0.05) is 17.8 Å². The van der Waals surface area contributed by atoms with Gasteiger partial charge in [0.2, 0.25) is 5.91 Å². The minimum absolute atomic E-state index is 0.139. The van der Waals surface area contributed by atoms with Gasteiger partial charge in [-0.1, -0.05) is 66.4 Å². The van der Waals surface area contributed by atoms with Crippen LogP contribution >= 0.6 is 11.8 Å². The largest absolute Gasteiger partial charge is 0.342 e. The van der Waals surface area contributed by atoms with Crippen LogP contribution in [0.2, 0.25) is 0 Å². The van der Waals surface area contributed by atoms with Crippen molar-refractivity contribution in [3.05, 3.63) is 96.8 Å². The van der Waals surface area contributed by atoms with E-state index in [-0.39, 0.29) is 23.6 Å². The van der Waals surface area contributed by atoms with Crippen molar-refractivity contribution >= 4 is 40.0 Å². The first-order valence-corrected chi connectivity index (χ1v) is 11.8. The average molecular weight is 472 g/mol. The summed E-state index contributed by atoms with van der Waals surface area (Å²) in [6.45, 7) is 6.12. The van der Waals surface area contributed by atoms with Gasteiger partial charge >= 0.3 is 0 Å². The standard InChI is InChI=1S/C26H25N5O2S/c1-3-15-31-24(18(2)27-25(33)20-10-5-4-6-11-20)29-30-26(31)34-17-23(32)28-22-14-13-19-9-7-8-12-21(19)16-22/h3-14,16,18H,1,15,17H2,2H3,(H,27,33)(H,28,32)/t18-/m1/s1. The molecule has 1 atom stereocenters. The number of hydrogen-bond donors (Lipinski definition) is 2. The Hall–Kier alpha value is -3.91. The molecule has 0 fully saturated rings. The quantitative estimate of drug-likeness (QED) is 0.269. The van der Waals surface area contributed by atoms with E-state index in [1.165, 1.54) is 11.8 Å². The van der Waals surface area contributed by atoms with E-state index in [2.05, 4.69) is 27.4 Å². The highest BCUT2D eigenvalue weighted by Gasteiger charge is 2.20. The van der Waals surface area contributed by atoms with Crippen LogP contribution in [-0.2, 0) is 11.3 Å². The molecule has 0 aliphatic rings. The number of rotatable bonds is 9. The molecule has 3 aromatic carbocycles. The highest BCUT2D eigenvalue weighted by molar-refractivity contribution is 7.99. The molecule has 2 N–H and O–H groups in total. The molecule has 0 aliphatic heterocycles. The summed E-state index contributed by atoms with van der Waals surface area (Å²) in [6, 6.07) is 22.5. The molecule has 0 saturated carbocycles. The number of aromatic nitrogens is 3. The Morgan fingerprint density at radius 1 is 1.03 bits per heavy atom. The van der Waals surface area contributed by atoms with Gasteiger partial charge in [-0.05, 0) is 42.0 Å². The zero-order valence-corrected chi connectivity index (χ0v) is 19.6. The third-order valence-electron chi connectivity index (χ3n) is 5.19. The van der Waals surface area contributed by atoms with E-state index in [1.54, 1.807) is 18.2 Å². The molecule has 4 aromatic rings. The summed E-state index contributed by atoms with van der Waals surface area (Å²) in [5.41, 5.74) is 1.32. The monoisotopic (exact) mass is 471 g/mol. The van der Waals surface area contributed by atoms with Gasteiger partial charge in [0.15, 0.2) is 11.0 Å². The fraction of sp³-hybridized carbons (Fsp3) is 0.154. The number of hydrogen-bond acceptors (Lipinski definition) is 5. The fourth-order valence-electron chi connectivity index (χ4n) is 3.56. The minimum atomic E-state index is -0.374. The topological polar surface area (TPSA) is 88.9 Å². The molecule has 8 heteroatoms. The van der Waals surface area contributed by atoms with Crippen LogP contribution in [0.5, 0.6) is 0 Å². The number of benzene rings is 3. The molecule has 7 nitrogen and oxygen atoms in total. The lowest BCUT2D eigenvalue weighted by molar-refractivity contribution is -0.113. The predicted octanol–water partition coefficient (Wildman–Crippen LogP) is 4.84. The molecule has 1 aromatic heterocycles. The lowest BCUT2D eigenvalue weighted by Gasteiger charge is -2.15. The van der Waals surface area contributed by atoms with E-state index in [9.17, 15) is 9.59 Å². The molecule has 34 heavy (non-hydrogen) atoms. The van der Waals surface area contributed by atoms with E-state index >= 15 is 0 Å². The maximum atomic E-state index is 12.6. The van der Waals surface area contributed by atoms with Crippen molar-refractivity contribution in [3.8, 4) is 0 Å². The van der Waals surface area contributed by atoms with Gasteiger partial charge in [-0.2, -0.15) is 0 Å². The van der Waals surface area contributed by atoms with Crippen LogP contribution in [0, 0.1) is 0 Å². The van der Waals surface area contributed by atoms with E-state index in [1.807, 2.05) is 72.2 Å². The van der Waals surface area contributed by atoms with Gasteiger partial charge in [-0.25, -0.2) is 0 Å². The highest BCUT2D eigenvalue weighted by Crippen LogP contribution is 2.23. The molecule has 0 unspecified atom stereocenters. The third kappa shape index (κ3) is 5.52. The molecular weight excluding hydrogens is 446 g/mol. The lowest BCUT2D eigenvalue weighted by Crippen LogP contribution is -2.28. The maximum Gasteiger partial charge on any atom is 0.251 e. The number of thioether (sulfide) groups is 1. The molecule has 0 saturated heterocycles. The van der Waals surface area contributed by atoms with Crippen molar-refractivity contribution in [2.24, 2.45) is 0 Å². The zero-order valence-electron chi connectivity index (χ0n) is 18.8. The summed E-state index contributed by atoms with van der Waals surface area (Å²) < 4.78 is 1.86. The number of nitrogens with zero attached hydrogens (tertiary/aromatic N) is 3. The summed E-state index contributed by atoms with van der Waals surface area (Å²) in [6.07, 6.45) is 1.73. The minimum Gasteiger partial charge on any atom is -0.342 e. The van der Waals surface area contributed by atoms with Crippen molar-refractivity contribution in [2.45, 2.75) is 24.7 Å². The summed E-state index contributed by atoms with van der Waals surface area (Å²) in [4.78, 5) is 25.1. The van der Waals surface area contributed by atoms with Crippen LogP contribution in [0.3, 0.4) is 0 Å². The molecule has 172 valence electrons. The summed E-state index contributed by atoms with van der Waals surface area (Å²) >= 11 is 1.29. The van der Waals surface area contributed by atoms with Gasteiger partial charge < -0.3 is 15.2 Å². The highest BCUT2D eigenvalue weighted by atomic mass is 32.2. The second-order valence-electron chi connectivity index (χ2n) is 7.70. The van der Waals surface area contributed by atoms with Crippen LogP contribution < -0.4 is 10.6 Å². The normalized spacial score (nSPS) is 11.7. The smallest absolute Gasteiger partial charge is 0.251 e. The molecule has 0 bridgehead atoms. The molecule has 0 aliphatic carbocycles. The van der Waals surface area contributed by atoms with E-state index in [4.69, 9.17) is 0 Å². The molecule has 1 heterocycles. The number of fused-ring (bicyclic) bond motifs is 1. The van der Waals surface area contributed by atoms with E-state index < -0.39 is 0 Å². The van der Waals surface area contributed by atoms with Gasteiger partial charge in [0.1, 0.15) is 0 Å². The summed E-state index contributed by atoms with van der Waals surface area (Å²) in [7, 11) is 0. The van der Waals surface area contributed by atoms with Crippen molar-refractivity contribution in [1.82, 2.24) is 20.1 Å². The second-order valence-corrected chi connectivity index (χ2v) is 8.64. The van der Waals surface area contributed by atoms with Crippen LogP contribution in [0.25, 0.3) is 10.8 Å². The number of carbonyl (C=O) groups excluding carboxylic acids is 2. The number of allylic oxidation sites excluding steroid dienone is 1. The van der Waals surface area contributed by atoms with Crippen LogP contribution in [0.1, 0.15) is 29.1 Å². The lowest BCUT2D eigenvalue weighted by atomic mass is 10.1. The summed E-state index contributed by atoms with van der Waals surface area (Å²) in [5, 5.41) is 17.2. The first-order chi connectivity index (χ1) is 16.5. The molecule has 4 rings (SSSR count). The zero-order chi connectivity index (χ0) is 23.9. The van der Waals surface area contributed by atoms with Crippen molar-refractivity contribution in [1.29, 1.82) is 0 Å². The SMILES string of the molecule is C=CCn1c(SCC(=O)Nc2ccc3ccccc3c2)nnc1[C@@H](C)NC(=O)c1ccccc1. The first kappa shape index (κ1) is 23.3. The second kappa shape index (κ2) is 10.8. The van der Waals surface area contributed by atoms with Crippen LogP contribution in [-0.4, -0.2) is 32.3 Å². The van der Waals surface area contributed by atoms with E-state index in [0.717, 1.165) is 16.5 Å².